The maximum absolute atomic E-state index is 13.2. The minimum atomic E-state index is -0.706. The summed E-state index contributed by atoms with van der Waals surface area (Å²) in [5.74, 6) is -0.238. The number of amides is 1. The molecular formula is C23H27N3O3. The van der Waals surface area contributed by atoms with E-state index >= 15 is 0 Å². The summed E-state index contributed by atoms with van der Waals surface area (Å²) in [5, 5.41) is 3.46. The molecule has 1 aromatic heterocycles. The Morgan fingerprint density at radius 2 is 1.66 bits per heavy atom. The van der Waals surface area contributed by atoms with Gasteiger partial charge in [-0.2, -0.15) is 0 Å². The van der Waals surface area contributed by atoms with E-state index in [1.807, 2.05) is 51.1 Å². The van der Waals surface area contributed by atoms with E-state index in [9.17, 15) is 14.4 Å². The molecule has 0 aliphatic carbocycles. The fourth-order valence-corrected chi connectivity index (χ4v) is 3.67. The van der Waals surface area contributed by atoms with Crippen LogP contribution in [0, 0.1) is 0 Å². The van der Waals surface area contributed by atoms with Crippen LogP contribution in [0.4, 0.5) is 0 Å². The molecule has 0 radical (unpaired) electrons. The lowest BCUT2D eigenvalue weighted by Gasteiger charge is -2.23. The molecule has 152 valence electrons. The van der Waals surface area contributed by atoms with Crippen LogP contribution in [-0.2, 0) is 11.3 Å². The zero-order valence-corrected chi connectivity index (χ0v) is 17.1. The minimum Gasteiger partial charge on any atom is -0.348 e. The molecule has 2 atom stereocenters. The topological polar surface area (TPSA) is 73.1 Å². The van der Waals surface area contributed by atoms with Gasteiger partial charge in [0.25, 0.3) is 5.56 Å². The third-order valence-electron chi connectivity index (χ3n) is 5.18. The van der Waals surface area contributed by atoms with Crippen molar-refractivity contribution in [3.8, 4) is 0 Å². The molecular weight excluding hydrogens is 366 g/mol. The summed E-state index contributed by atoms with van der Waals surface area (Å²) in [7, 11) is 0. The summed E-state index contributed by atoms with van der Waals surface area (Å²) in [6.45, 7) is 6.02. The van der Waals surface area contributed by atoms with Crippen molar-refractivity contribution in [2.24, 2.45) is 0 Å². The highest BCUT2D eigenvalue weighted by atomic mass is 16.2. The van der Waals surface area contributed by atoms with E-state index in [0.717, 1.165) is 5.56 Å². The number of benzene rings is 2. The normalized spacial score (nSPS) is 13.2. The zero-order chi connectivity index (χ0) is 21.0. The average Bonchev–Trinajstić information content (AvgIpc) is 2.74. The minimum absolute atomic E-state index is 0.193. The van der Waals surface area contributed by atoms with Gasteiger partial charge >= 0.3 is 5.69 Å². The molecule has 3 aromatic rings. The Kier molecular flexibility index (Phi) is 6.32. The number of nitrogens with one attached hydrogen (secondary N) is 1. The van der Waals surface area contributed by atoms with Gasteiger partial charge in [-0.1, -0.05) is 56.3 Å². The van der Waals surface area contributed by atoms with Gasteiger partial charge in [0.15, 0.2) is 0 Å². The number of carbonyl (C=O) groups excluding carboxylic acids is 1. The first-order chi connectivity index (χ1) is 14.0. The van der Waals surface area contributed by atoms with Gasteiger partial charge in [0.1, 0.15) is 6.04 Å². The second-order valence-corrected chi connectivity index (χ2v) is 7.19. The van der Waals surface area contributed by atoms with E-state index in [-0.39, 0.29) is 17.5 Å². The van der Waals surface area contributed by atoms with E-state index in [4.69, 9.17) is 0 Å². The molecule has 6 heteroatoms. The van der Waals surface area contributed by atoms with Crippen LogP contribution in [0.1, 0.15) is 51.3 Å². The summed E-state index contributed by atoms with van der Waals surface area (Å²) in [5.41, 5.74) is 0.731. The molecule has 0 spiro atoms. The van der Waals surface area contributed by atoms with Gasteiger partial charge in [0.05, 0.1) is 16.9 Å². The Balaban J connectivity index is 2.08. The van der Waals surface area contributed by atoms with E-state index < -0.39 is 11.7 Å². The first-order valence-corrected chi connectivity index (χ1v) is 10.1. The Labute approximate surface area is 169 Å². The lowest BCUT2D eigenvalue weighted by atomic mass is 10.1. The quantitative estimate of drug-likeness (QED) is 0.669. The predicted octanol–water partition coefficient (Wildman–Crippen LogP) is 3.40. The highest BCUT2D eigenvalue weighted by Crippen LogP contribution is 2.19. The van der Waals surface area contributed by atoms with Crippen molar-refractivity contribution in [3.05, 3.63) is 81.0 Å². The summed E-state index contributed by atoms with van der Waals surface area (Å²) in [6, 6.07) is 15.8. The molecule has 0 saturated carbocycles. The van der Waals surface area contributed by atoms with Crippen molar-refractivity contribution >= 4 is 16.8 Å². The first kappa shape index (κ1) is 20.6. The maximum Gasteiger partial charge on any atom is 0.332 e. The van der Waals surface area contributed by atoms with E-state index in [1.54, 1.807) is 24.3 Å². The van der Waals surface area contributed by atoms with Gasteiger partial charge in [0.2, 0.25) is 5.91 Å². The second-order valence-electron chi connectivity index (χ2n) is 7.19. The van der Waals surface area contributed by atoms with E-state index in [1.165, 1.54) is 9.13 Å². The molecule has 6 nitrogen and oxygen atoms in total. The molecule has 0 unspecified atom stereocenters. The number of carbonyl (C=O) groups is 1. The van der Waals surface area contributed by atoms with Crippen molar-refractivity contribution in [2.45, 2.75) is 52.2 Å². The third kappa shape index (κ3) is 4.01. The molecule has 0 saturated heterocycles. The van der Waals surface area contributed by atoms with Gasteiger partial charge in [-0.05, 0) is 37.5 Å². The summed E-state index contributed by atoms with van der Waals surface area (Å²) in [4.78, 5) is 39.1. The summed E-state index contributed by atoms with van der Waals surface area (Å²) in [6.07, 6.45) is 1.09. The monoisotopic (exact) mass is 393 g/mol. The molecule has 1 amide bonds. The van der Waals surface area contributed by atoms with Crippen LogP contribution in [0.25, 0.3) is 10.9 Å². The molecule has 29 heavy (non-hydrogen) atoms. The Morgan fingerprint density at radius 3 is 2.31 bits per heavy atom. The molecule has 0 aliphatic heterocycles. The number of hydrogen-bond acceptors (Lipinski definition) is 3. The van der Waals surface area contributed by atoms with E-state index in [2.05, 4.69) is 5.32 Å². The predicted molar refractivity (Wildman–Crippen MR) is 115 cm³/mol. The third-order valence-corrected chi connectivity index (χ3v) is 5.18. The van der Waals surface area contributed by atoms with Crippen molar-refractivity contribution < 1.29 is 4.79 Å². The highest BCUT2D eigenvalue weighted by molar-refractivity contribution is 5.84. The number of hydrogen-bond donors (Lipinski definition) is 1. The van der Waals surface area contributed by atoms with Crippen molar-refractivity contribution in [2.75, 3.05) is 0 Å². The summed E-state index contributed by atoms with van der Waals surface area (Å²) < 4.78 is 2.71. The van der Waals surface area contributed by atoms with Crippen LogP contribution in [0.15, 0.2) is 64.2 Å². The molecule has 1 heterocycles. The van der Waals surface area contributed by atoms with Crippen LogP contribution in [0.2, 0.25) is 0 Å². The van der Waals surface area contributed by atoms with Crippen LogP contribution in [-0.4, -0.2) is 15.0 Å². The first-order valence-electron chi connectivity index (χ1n) is 10.1. The maximum atomic E-state index is 13.2. The molecule has 3 rings (SSSR count). The van der Waals surface area contributed by atoms with Crippen molar-refractivity contribution in [3.63, 3.8) is 0 Å². The molecule has 2 aromatic carbocycles. The van der Waals surface area contributed by atoms with E-state index in [0.29, 0.717) is 30.3 Å². The largest absolute Gasteiger partial charge is 0.348 e. The lowest BCUT2D eigenvalue weighted by Crippen LogP contribution is -2.45. The SMILES string of the molecule is CCCn1c(=O)c2ccccc2n([C@@H](CC)C(=O)N[C@@H](C)c2ccccc2)c1=O. The number of fused-ring (bicyclic) bond motifs is 1. The number of rotatable bonds is 7. The standard InChI is InChI=1S/C23H27N3O3/c1-4-15-25-22(28)18-13-9-10-14-20(18)26(23(25)29)19(5-2)21(27)24-16(3)17-11-7-6-8-12-17/h6-14,16,19H,4-5,15H2,1-3H3,(H,24,27)/t16-,19-/m0/s1. The van der Waals surface area contributed by atoms with Gasteiger partial charge in [-0.25, -0.2) is 4.79 Å². The Hall–Kier alpha value is -3.15. The smallest absolute Gasteiger partial charge is 0.332 e. The number of para-hydroxylation sites is 1. The summed E-state index contributed by atoms with van der Waals surface area (Å²) >= 11 is 0. The molecule has 0 aliphatic rings. The zero-order valence-electron chi connectivity index (χ0n) is 17.1. The fourth-order valence-electron chi connectivity index (χ4n) is 3.67. The fraction of sp³-hybridized carbons (Fsp3) is 0.348. The van der Waals surface area contributed by atoms with Crippen LogP contribution in [0.5, 0.6) is 0 Å². The van der Waals surface area contributed by atoms with Crippen LogP contribution >= 0.6 is 0 Å². The second kappa shape index (κ2) is 8.90. The molecule has 1 N–H and O–H groups in total. The van der Waals surface area contributed by atoms with Gasteiger partial charge < -0.3 is 5.32 Å². The lowest BCUT2D eigenvalue weighted by molar-refractivity contribution is -0.125. The van der Waals surface area contributed by atoms with Crippen molar-refractivity contribution in [1.29, 1.82) is 0 Å². The number of nitrogens with zero attached hydrogens (tertiary/aromatic N) is 2. The molecule has 0 fully saturated rings. The van der Waals surface area contributed by atoms with Crippen LogP contribution < -0.4 is 16.6 Å². The average molecular weight is 393 g/mol. The Morgan fingerprint density at radius 1 is 1.00 bits per heavy atom. The van der Waals surface area contributed by atoms with Gasteiger partial charge in [0, 0.05) is 6.54 Å². The van der Waals surface area contributed by atoms with Crippen molar-refractivity contribution in [1.82, 2.24) is 14.5 Å². The van der Waals surface area contributed by atoms with Crippen LogP contribution in [0.3, 0.4) is 0 Å². The van der Waals surface area contributed by atoms with Gasteiger partial charge in [-0.3, -0.25) is 18.7 Å². The highest BCUT2D eigenvalue weighted by Gasteiger charge is 2.25. The Bertz CT molecular complexity index is 1120. The van der Waals surface area contributed by atoms with Gasteiger partial charge in [-0.15, -0.1) is 0 Å². The molecule has 0 bridgehead atoms. The number of aromatic nitrogens is 2.